The molecule has 0 amide bonds. The molecule has 1 aromatic rings. The lowest BCUT2D eigenvalue weighted by atomic mass is 9.93. The fourth-order valence-corrected chi connectivity index (χ4v) is 2.09. The van der Waals surface area contributed by atoms with E-state index in [1.54, 1.807) is 0 Å². The summed E-state index contributed by atoms with van der Waals surface area (Å²) in [5.41, 5.74) is 1.54. The second-order valence-corrected chi connectivity index (χ2v) is 6.70. The normalized spacial score (nSPS) is 13.6. The SMILES string of the molecule is CNCC(OCCC(C)(C)C)c1cccc(Br)c1. The molecule has 1 N–H and O–H groups in total. The van der Waals surface area contributed by atoms with Crippen LogP contribution >= 0.6 is 15.9 Å². The number of benzene rings is 1. The highest BCUT2D eigenvalue weighted by atomic mass is 79.9. The fraction of sp³-hybridized carbons (Fsp3) is 0.600. The number of nitrogens with one attached hydrogen (secondary N) is 1. The predicted octanol–water partition coefficient (Wildman–Crippen LogP) is 4.16. The fourth-order valence-electron chi connectivity index (χ4n) is 1.67. The highest BCUT2D eigenvalue weighted by Gasteiger charge is 2.14. The molecule has 0 bridgehead atoms. The lowest BCUT2D eigenvalue weighted by molar-refractivity contribution is 0.0381. The third-order valence-electron chi connectivity index (χ3n) is 2.78. The van der Waals surface area contributed by atoms with Crippen LogP contribution in [0.3, 0.4) is 0 Å². The molecule has 18 heavy (non-hydrogen) atoms. The summed E-state index contributed by atoms with van der Waals surface area (Å²) < 4.78 is 7.11. The summed E-state index contributed by atoms with van der Waals surface area (Å²) in [6.07, 6.45) is 1.19. The average Bonchev–Trinajstić information content (AvgIpc) is 2.26. The molecule has 0 saturated heterocycles. The van der Waals surface area contributed by atoms with Crippen LogP contribution < -0.4 is 5.32 Å². The minimum atomic E-state index is 0.120. The first-order valence-electron chi connectivity index (χ1n) is 6.44. The first-order chi connectivity index (χ1) is 8.42. The number of hydrogen-bond acceptors (Lipinski definition) is 2. The summed E-state index contributed by atoms with van der Waals surface area (Å²) >= 11 is 3.51. The summed E-state index contributed by atoms with van der Waals surface area (Å²) in [5.74, 6) is 0. The van der Waals surface area contributed by atoms with E-state index >= 15 is 0 Å². The highest BCUT2D eigenvalue weighted by Crippen LogP contribution is 2.23. The number of ether oxygens (including phenoxy) is 1. The van der Waals surface area contributed by atoms with E-state index in [2.05, 4.69) is 60.2 Å². The quantitative estimate of drug-likeness (QED) is 0.851. The van der Waals surface area contributed by atoms with Crippen LogP contribution in [0.1, 0.15) is 38.9 Å². The number of halogens is 1. The zero-order valence-corrected chi connectivity index (χ0v) is 13.4. The Morgan fingerprint density at radius 1 is 1.33 bits per heavy atom. The van der Waals surface area contributed by atoms with E-state index in [1.165, 1.54) is 5.56 Å². The maximum Gasteiger partial charge on any atom is 0.0949 e. The van der Waals surface area contributed by atoms with E-state index in [9.17, 15) is 0 Å². The second kappa shape index (κ2) is 7.27. The zero-order valence-electron chi connectivity index (χ0n) is 11.8. The summed E-state index contributed by atoms with van der Waals surface area (Å²) in [5, 5.41) is 3.19. The van der Waals surface area contributed by atoms with Gasteiger partial charge in [0.25, 0.3) is 0 Å². The van der Waals surface area contributed by atoms with E-state index < -0.39 is 0 Å². The summed E-state index contributed by atoms with van der Waals surface area (Å²) in [7, 11) is 1.96. The monoisotopic (exact) mass is 313 g/mol. The molecule has 0 radical (unpaired) electrons. The summed E-state index contributed by atoms with van der Waals surface area (Å²) in [6, 6.07) is 8.33. The molecule has 0 aliphatic heterocycles. The molecule has 3 heteroatoms. The Morgan fingerprint density at radius 2 is 2.06 bits per heavy atom. The molecule has 2 nitrogen and oxygen atoms in total. The van der Waals surface area contributed by atoms with Gasteiger partial charge < -0.3 is 10.1 Å². The lowest BCUT2D eigenvalue weighted by Crippen LogP contribution is -2.21. The van der Waals surface area contributed by atoms with Crippen LogP contribution in [-0.2, 0) is 4.74 Å². The second-order valence-electron chi connectivity index (χ2n) is 5.78. The van der Waals surface area contributed by atoms with Crippen molar-refractivity contribution in [2.24, 2.45) is 5.41 Å². The van der Waals surface area contributed by atoms with Crippen molar-refractivity contribution in [1.82, 2.24) is 5.32 Å². The lowest BCUT2D eigenvalue weighted by Gasteiger charge is -2.22. The van der Waals surface area contributed by atoms with Crippen molar-refractivity contribution in [3.05, 3.63) is 34.3 Å². The van der Waals surface area contributed by atoms with Gasteiger partial charge in [-0.25, -0.2) is 0 Å². The van der Waals surface area contributed by atoms with Gasteiger partial charge in [0.1, 0.15) is 0 Å². The molecule has 1 atom stereocenters. The van der Waals surface area contributed by atoms with Crippen molar-refractivity contribution >= 4 is 15.9 Å². The number of rotatable bonds is 6. The van der Waals surface area contributed by atoms with E-state index in [1.807, 2.05) is 13.1 Å². The van der Waals surface area contributed by atoms with Crippen molar-refractivity contribution in [2.75, 3.05) is 20.2 Å². The Bertz CT molecular complexity index is 360. The maximum atomic E-state index is 6.02. The van der Waals surface area contributed by atoms with Gasteiger partial charge in [-0.1, -0.05) is 48.8 Å². The van der Waals surface area contributed by atoms with Gasteiger partial charge in [0.05, 0.1) is 6.10 Å². The largest absolute Gasteiger partial charge is 0.372 e. The van der Waals surface area contributed by atoms with Gasteiger partial charge in [-0.3, -0.25) is 0 Å². The standard InChI is InChI=1S/C15H24BrNO/c1-15(2,3)8-9-18-14(11-17-4)12-6-5-7-13(16)10-12/h5-7,10,14,17H,8-9,11H2,1-4H3. The van der Waals surface area contributed by atoms with Gasteiger partial charge >= 0.3 is 0 Å². The molecule has 0 heterocycles. The van der Waals surface area contributed by atoms with Gasteiger partial charge in [-0.15, -0.1) is 0 Å². The minimum Gasteiger partial charge on any atom is -0.372 e. The third kappa shape index (κ3) is 5.98. The van der Waals surface area contributed by atoms with Crippen LogP contribution in [0.5, 0.6) is 0 Å². The molecule has 0 spiro atoms. The molecule has 1 unspecified atom stereocenters. The average molecular weight is 314 g/mol. The van der Waals surface area contributed by atoms with E-state index in [0.29, 0.717) is 5.41 Å². The van der Waals surface area contributed by atoms with Crippen LogP contribution in [-0.4, -0.2) is 20.2 Å². The van der Waals surface area contributed by atoms with E-state index in [4.69, 9.17) is 4.74 Å². The molecule has 1 rings (SSSR count). The van der Waals surface area contributed by atoms with Crippen LogP contribution in [0.2, 0.25) is 0 Å². The van der Waals surface area contributed by atoms with Crippen molar-refractivity contribution < 1.29 is 4.74 Å². The molecule has 102 valence electrons. The smallest absolute Gasteiger partial charge is 0.0949 e. The Hall–Kier alpha value is -0.380. The first kappa shape index (κ1) is 15.7. The Kier molecular flexibility index (Phi) is 6.33. The van der Waals surface area contributed by atoms with Gasteiger partial charge in [0.2, 0.25) is 0 Å². The Morgan fingerprint density at radius 3 is 2.61 bits per heavy atom. The highest BCUT2D eigenvalue weighted by molar-refractivity contribution is 9.10. The predicted molar refractivity (Wildman–Crippen MR) is 80.8 cm³/mol. The maximum absolute atomic E-state index is 6.02. The Labute approximate surface area is 119 Å². The van der Waals surface area contributed by atoms with Gasteiger partial charge in [0.15, 0.2) is 0 Å². The van der Waals surface area contributed by atoms with Crippen molar-refractivity contribution in [3.63, 3.8) is 0 Å². The number of hydrogen-bond donors (Lipinski definition) is 1. The minimum absolute atomic E-state index is 0.120. The molecule has 0 aromatic heterocycles. The molecule has 0 saturated carbocycles. The van der Waals surface area contributed by atoms with Crippen LogP contribution in [0, 0.1) is 5.41 Å². The van der Waals surface area contributed by atoms with Crippen molar-refractivity contribution in [3.8, 4) is 0 Å². The van der Waals surface area contributed by atoms with Gasteiger partial charge in [0, 0.05) is 17.6 Å². The van der Waals surface area contributed by atoms with Crippen molar-refractivity contribution in [2.45, 2.75) is 33.3 Å². The molecular formula is C15H24BrNO. The van der Waals surface area contributed by atoms with E-state index in [-0.39, 0.29) is 6.10 Å². The van der Waals surface area contributed by atoms with Crippen LogP contribution in [0.15, 0.2) is 28.7 Å². The van der Waals surface area contributed by atoms with Gasteiger partial charge in [-0.05, 0) is 36.6 Å². The third-order valence-corrected chi connectivity index (χ3v) is 3.27. The number of likely N-dealkylation sites (N-methyl/N-ethyl adjacent to an activating group) is 1. The van der Waals surface area contributed by atoms with Crippen LogP contribution in [0.4, 0.5) is 0 Å². The summed E-state index contributed by atoms with van der Waals surface area (Å²) in [4.78, 5) is 0. The molecule has 0 aliphatic rings. The zero-order chi connectivity index (χ0) is 13.6. The summed E-state index contributed by atoms with van der Waals surface area (Å²) in [6.45, 7) is 8.34. The van der Waals surface area contributed by atoms with Crippen LogP contribution in [0.25, 0.3) is 0 Å². The molecule has 0 fully saturated rings. The Balaban J connectivity index is 2.60. The molecular weight excluding hydrogens is 290 g/mol. The molecule has 0 aliphatic carbocycles. The van der Waals surface area contributed by atoms with Gasteiger partial charge in [-0.2, -0.15) is 0 Å². The van der Waals surface area contributed by atoms with Crippen molar-refractivity contribution in [1.29, 1.82) is 0 Å². The topological polar surface area (TPSA) is 21.3 Å². The first-order valence-corrected chi connectivity index (χ1v) is 7.23. The van der Waals surface area contributed by atoms with E-state index in [0.717, 1.165) is 24.0 Å². The molecule has 1 aromatic carbocycles.